The highest BCUT2D eigenvalue weighted by atomic mass is 15.4. The Bertz CT molecular complexity index is 290. The molecule has 2 heterocycles. The average molecular weight is 250 g/mol. The van der Waals surface area contributed by atoms with E-state index in [0.29, 0.717) is 5.54 Å². The predicted molar refractivity (Wildman–Crippen MR) is 76.8 cm³/mol. The molecule has 3 aliphatic rings. The van der Waals surface area contributed by atoms with Gasteiger partial charge in [-0.15, -0.1) is 0 Å². The van der Waals surface area contributed by atoms with Crippen LogP contribution in [0.4, 0.5) is 0 Å². The van der Waals surface area contributed by atoms with Crippen molar-refractivity contribution in [2.75, 3.05) is 19.6 Å². The Hall–Kier alpha value is -0.0800. The molecule has 2 nitrogen and oxygen atoms in total. The monoisotopic (exact) mass is 250 g/mol. The van der Waals surface area contributed by atoms with Gasteiger partial charge in [0.1, 0.15) is 0 Å². The van der Waals surface area contributed by atoms with Crippen molar-refractivity contribution < 1.29 is 0 Å². The summed E-state index contributed by atoms with van der Waals surface area (Å²) in [4.78, 5) is 5.73. The summed E-state index contributed by atoms with van der Waals surface area (Å²) in [6.45, 7) is 11.3. The Morgan fingerprint density at radius 2 is 1.94 bits per heavy atom. The van der Waals surface area contributed by atoms with Gasteiger partial charge in [0.05, 0.1) is 0 Å². The van der Waals surface area contributed by atoms with Crippen LogP contribution in [0.5, 0.6) is 0 Å². The van der Waals surface area contributed by atoms with Gasteiger partial charge in [-0.1, -0.05) is 20.8 Å². The summed E-state index contributed by atoms with van der Waals surface area (Å²) in [5.74, 6) is 0.801. The molecule has 0 aromatic heterocycles. The Labute approximate surface area is 113 Å². The van der Waals surface area contributed by atoms with Crippen LogP contribution in [0.2, 0.25) is 0 Å². The van der Waals surface area contributed by atoms with E-state index in [1.165, 1.54) is 58.2 Å². The zero-order valence-corrected chi connectivity index (χ0v) is 12.5. The second-order valence-corrected chi connectivity index (χ2v) is 7.19. The maximum Gasteiger partial charge on any atom is 0.0252 e. The van der Waals surface area contributed by atoms with E-state index >= 15 is 0 Å². The van der Waals surface area contributed by atoms with Crippen LogP contribution in [0.15, 0.2) is 0 Å². The highest BCUT2D eigenvalue weighted by Crippen LogP contribution is 2.44. The first-order valence-electron chi connectivity index (χ1n) is 8.17. The van der Waals surface area contributed by atoms with Crippen molar-refractivity contribution in [1.29, 1.82) is 0 Å². The third-order valence-electron chi connectivity index (χ3n) is 6.05. The van der Waals surface area contributed by atoms with Gasteiger partial charge >= 0.3 is 0 Å². The van der Waals surface area contributed by atoms with E-state index in [0.717, 1.165) is 18.0 Å². The third-order valence-corrected chi connectivity index (χ3v) is 6.05. The van der Waals surface area contributed by atoms with Crippen molar-refractivity contribution >= 4 is 0 Å². The minimum Gasteiger partial charge on any atom is -0.298 e. The molecule has 0 spiro atoms. The van der Waals surface area contributed by atoms with Crippen molar-refractivity contribution in [2.24, 2.45) is 5.92 Å². The largest absolute Gasteiger partial charge is 0.298 e. The molecule has 104 valence electrons. The number of fused-ring (bicyclic) bond motifs is 1. The Balaban J connectivity index is 1.80. The van der Waals surface area contributed by atoms with Crippen LogP contribution in [0.1, 0.15) is 59.3 Å². The van der Waals surface area contributed by atoms with Crippen LogP contribution in [0, 0.1) is 5.92 Å². The number of nitrogens with zero attached hydrogens (tertiary/aromatic N) is 2. The minimum atomic E-state index is 0.587. The molecule has 0 amide bonds. The third kappa shape index (κ3) is 1.92. The molecule has 2 aliphatic heterocycles. The molecule has 0 radical (unpaired) electrons. The molecular formula is C16H30N2. The van der Waals surface area contributed by atoms with Crippen LogP contribution in [-0.2, 0) is 0 Å². The molecule has 0 aromatic carbocycles. The molecule has 3 fully saturated rings. The highest BCUT2D eigenvalue weighted by Gasteiger charge is 2.48. The molecular weight excluding hydrogens is 220 g/mol. The summed E-state index contributed by atoms with van der Waals surface area (Å²) < 4.78 is 0. The molecule has 18 heavy (non-hydrogen) atoms. The van der Waals surface area contributed by atoms with Gasteiger partial charge in [0.25, 0.3) is 0 Å². The first-order chi connectivity index (χ1) is 8.66. The lowest BCUT2D eigenvalue weighted by atomic mass is 9.71. The maximum absolute atomic E-state index is 2.95. The van der Waals surface area contributed by atoms with Crippen molar-refractivity contribution in [2.45, 2.75) is 76.9 Å². The topological polar surface area (TPSA) is 6.48 Å². The van der Waals surface area contributed by atoms with Crippen LogP contribution >= 0.6 is 0 Å². The van der Waals surface area contributed by atoms with Gasteiger partial charge in [-0.3, -0.25) is 9.80 Å². The van der Waals surface area contributed by atoms with Crippen LogP contribution in [0.25, 0.3) is 0 Å². The number of hydrogen-bond donors (Lipinski definition) is 0. The van der Waals surface area contributed by atoms with Gasteiger partial charge in [0, 0.05) is 30.7 Å². The molecule has 0 N–H and O–H groups in total. The van der Waals surface area contributed by atoms with E-state index in [9.17, 15) is 0 Å². The summed E-state index contributed by atoms with van der Waals surface area (Å²) >= 11 is 0. The number of hydrogen-bond acceptors (Lipinski definition) is 2. The van der Waals surface area contributed by atoms with E-state index in [1.807, 2.05) is 0 Å². The van der Waals surface area contributed by atoms with Crippen LogP contribution in [-0.4, -0.2) is 47.1 Å². The molecule has 2 saturated heterocycles. The minimum absolute atomic E-state index is 0.587. The molecule has 2 unspecified atom stereocenters. The van der Waals surface area contributed by atoms with E-state index < -0.39 is 0 Å². The molecule has 2 atom stereocenters. The quantitative estimate of drug-likeness (QED) is 0.759. The normalized spacial score (nSPS) is 36.7. The summed E-state index contributed by atoms with van der Waals surface area (Å²) in [6, 6.07) is 1.68. The summed E-state index contributed by atoms with van der Waals surface area (Å²) in [7, 11) is 0. The molecule has 2 heteroatoms. The highest BCUT2D eigenvalue weighted by molar-refractivity contribution is 5.05. The van der Waals surface area contributed by atoms with E-state index in [1.54, 1.807) is 0 Å². The van der Waals surface area contributed by atoms with Gasteiger partial charge in [-0.05, 0) is 51.0 Å². The Morgan fingerprint density at radius 3 is 2.50 bits per heavy atom. The van der Waals surface area contributed by atoms with Gasteiger partial charge < -0.3 is 0 Å². The lowest BCUT2D eigenvalue weighted by Crippen LogP contribution is -2.67. The van der Waals surface area contributed by atoms with Gasteiger partial charge in [-0.2, -0.15) is 0 Å². The first kappa shape index (κ1) is 12.9. The lowest BCUT2D eigenvalue weighted by Gasteiger charge is -2.58. The predicted octanol–water partition coefficient (Wildman–Crippen LogP) is 3.12. The Kier molecular flexibility index (Phi) is 3.44. The fourth-order valence-electron chi connectivity index (χ4n) is 4.59. The van der Waals surface area contributed by atoms with E-state index in [-0.39, 0.29) is 0 Å². The summed E-state index contributed by atoms with van der Waals surface area (Å²) in [6.07, 6.45) is 8.62. The smallest absolute Gasteiger partial charge is 0.0252 e. The van der Waals surface area contributed by atoms with Gasteiger partial charge in [0.15, 0.2) is 0 Å². The Morgan fingerprint density at radius 1 is 1.17 bits per heavy atom. The standard InChI is InChI=1S/C16H30N2/c1-4-16(8-6-9-16)18-11-14-7-5-10-17(14)12-15(18)13(2)3/h13-15H,4-12H2,1-3H3. The van der Waals surface area contributed by atoms with E-state index in [4.69, 9.17) is 0 Å². The summed E-state index contributed by atoms with van der Waals surface area (Å²) in [5, 5.41) is 0. The SMILES string of the molecule is CCC1(N2CC3CCCN3CC2C(C)C)CCC1. The zero-order valence-electron chi connectivity index (χ0n) is 12.5. The number of rotatable bonds is 3. The second kappa shape index (κ2) is 4.79. The average Bonchev–Trinajstić information content (AvgIpc) is 2.74. The van der Waals surface area contributed by atoms with Crippen molar-refractivity contribution in [3.8, 4) is 0 Å². The zero-order chi connectivity index (χ0) is 12.8. The van der Waals surface area contributed by atoms with Crippen LogP contribution in [0.3, 0.4) is 0 Å². The number of piperazine rings is 1. The molecule has 3 rings (SSSR count). The maximum atomic E-state index is 2.95. The molecule has 0 aromatic rings. The molecule has 1 saturated carbocycles. The van der Waals surface area contributed by atoms with Crippen molar-refractivity contribution in [3.63, 3.8) is 0 Å². The second-order valence-electron chi connectivity index (χ2n) is 7.19. The van der Waals surface area contributed by atoms with Crippen molar-refractivity contribution in [3.05, 3.63) is 0 Å². The fraction of sp³-hybridized carbons (Fsp3) is 1.00. The first-order valence-corrected chi connectivity index (χ1v) is 8.17. The summed E-state index contributed by atoms with van der Waals surface area (Å²) in [5.41, 5.74) is 0.587. The molecule has 1 aliphatic carbocycles. The van der Waals surface area contributed by atoms with Gasteiger partial charge in [0.2, 0.25) is 0 Å². The van der Waals surface area contributed by atoms with E-state index in [2.05, 4.69) is 30.6 Å². The fourth-order valence-corrected chi connectivity index (χ4v) is 4.59. The molecule has 0 bridgehead atoms. The van der Waals surface area contributed by atoms with Gasteiger partial charge in [-0.25, -0.2) is 0 Å². The van der Waals surface area contributed by atoms with Crippen molar-refractivity contribution in [1.82, 2.24) is 9.80 Å². The lowest BCUT2D eigenvalue weighted by molar-refractivity contribution is -0.0834. The van der Waals surface area contributed by atoms with Crippen LogP contribution < -0.4 is 0 Å².